The van der Waals surface area contributed by atoms with Gasteiger partial charge < -0.3 is 9.52 Å². The Kier molecular flexibility index (Phi) is 7.56. The SMILES string of the molecule is Cn1c(C(F)(F)F)cc(=O)n(-c2cc(N(C(=O)C[O][Al])S(C)(=O)=O)c(C(N)=S)cc2F)c1=O. The normalized spacial score (nSPS) is 11.9. The number of anilines is 1. The number of halogens is 4. The topological polar surface area (TPSA) is 134 Å². The zero-order valence-electron chi connectivity index (χ0n) is 16.7. The maximum atomic E-state index is 14.9. The third-order valence-corrected chi connectivity index (χ3v) is 5.62. The van der Waals surface area contributed by atoms with E-state index < -0.39 is 73.4 Å². The molecule has 0 aliphatic rings. The van der Waals surface area contributed by atoms with Crippen LogP contribution in [-0.2, 0) is 31.8 Å². The standard InChI is InChI=1S/C16H13F4N4O6S2.Al/c1-22-11(16(18,19)20)5-12(26)23(15(22)28)10-4-9(7(14(21)31)3-8(10)17)24(13(27)6-25)32(2,29)30;/h3-5H,6H2,1-2H3,(H2,21,31);/q-1;+1. The Labute approximate surface area is 197 Å². The molecule has 10 nitrogen and oxygen atoms in total. The van der Waals surface area contributed by atoms with Gasteiger partial charge >= 0.3 is 28.5 Å². The first kappa shape index (κ1) is 26.7. The van der Waals surface area contributed by atoms with Crippen molar-refractivity contribution >= 4 is 55.4 Å². The largest absolute Gasteiger partial charge is 0.509 e. The lowest BCUT2D eigenvalue weighted by molar-refractivity contribution is -0.144. The van der Waals surface area contributed by atoms with Gasteiger partial charge in [0.2, 0.25) is 10.0 Å². The third kappa shape index (κ3) is 5.33. The first-order chi connectivity index (χ1) is 15.0. The minimum Gasteiger partial charge on any atom is -0.509 e. The van der Waals surface area contributed by atoms with Gasteiger partial charge in [-0.2, -0.15) is 13.2 Å². The molecule has 176 valence electrons. The molecular formula is C16H13AlF4N4O6S2. The maximum absolute atomic E-state index is 14.9. The van der Waals surface area contributed by atoms with Crippen LogP contribution >= 0.6 is 12.2 Å². The van der Waals surface area contributed by atoms with Crippen molar-refractivity contribution in [3.05, 3.63) is 56.1 Å². The van der Waals surface area contributed by atoms with E-state index in [0.29, 0.717) is 25.4 Å². The van der Waals surface area contributed by atoms with Crippen LogP contribution < -0.4 is 21.3 Å². The molecule has 1 aromatic carbocycles. The fourth-order valence-corrected chi connectivity index (χ4v) is 4.07. The van der Waals surface area contributed by atoms with Gasteiger partial charge in [-0.05, 0) is 12.1 Å². The second kappa shape index (κ2) is 9.35. The summed E-state index contributed by atoms with van der Waals surface area (Å²) in [6.07, 6.45) is -4.45. The number of nitrogens with two attached hydrogens (primary N) is 1. The van der Waals surface area contributed by atoms with Gasteiger partial charge in [-0.3, -0.25) is 14.2 Å². The summed E-state index contributed by atoms with van der Waals surface area (Å²) < 4.78 is 83.6. The second-order valence-electron chi connectivity index (χ2n) is 6.46. The minimum atomic E-state index is -5.07. The van der Waals surface area contributed by atoms with Gasteiger partial charge in [-0.1, -0.05) is 12.2 Å². The molecule has 0 atom stereocenters. The lowest BCUT2D eigenvalue weighted by Gasteiger charge is -2.24. The molecule has 1 aromatic heterocycles. The highest BCUT2D eigenvalue weighted by Crippen LogP contribution is 2.30. The predicted octanol–water partition coefficient (Wildman–Crippen LogP) is -0.279. The van der Waals surface area contributed by atoms with E-state index in [9.17, 15) is 40.4 Å². The van der Waals surface area contributed by atoms with Gasteiger partial charge in [0.05, 0.1) is 24.2 Å². The summed E-state index contributed by atoms with van der Waals surface area (Å²) in [6, 6.07) is 1.19. The van der Waals surface area contributed by atoms with E-state index in [1.165, 1.54) is 0 Å². The molecule has 0 aliphatic carbocycles. The van der Waals surface area contributed by atoms with Gasteiger partial charge in [-0.15, -0.1) is 0 Å². The van der Waals surface area contributed by atoms with Crippen molar-refractivity contribution in [2.24, 2.45) is 12.8 Å². The smallest absolute Gasteiger partial charge is 0.431 e. The Bertz CT molecular complexity index is 1370. The van der Waals surface area contributed by atoms with E-state index in [4.69, 9.17) is 18.0 Å². The highest BCUT2D eigenvalue weighted by Gasteiger charge is 2.36. The van der Waals surface area contributed by atoms with E-state index in [1.54, 1.807) is 16.6 Å². The van der Waals surface area contributed by atoms with Crippen molar-refractivity contribution in [3.8, 4) is 5.69 Å². The van der Waals surface area contributed by atoms with Gasteiger partial charge in [0, 0.05) is 18.7 Å². The third-order valence-electron chi connectivity index (χ3n) is 4.17. The monoisotopic (exact) mass is 524 g/mol. The summed E-state index contributed by atoms with van der Waals surface area (Å²) in [5, 5.41) is 0. The van der Waals surface area contributed by atoms with Crippen LogP contribution in [0.2, 0.25) is 0 Å². The van der Waals surface area contributed by atoms with E-state index in [2.05, 4.69) is 3.79 Å². The van der Waals surface area contributed by atoms with Crippen molar-refractivity contribution in [2.75, 3.05) is 17.2 Å². The molecule has 0 spiro atoms. The summed E-state index contributed by atoms with van der Waals surface area (Å²) in [7, 11) is -3.72. The maximum Gasteiger partial charge on any atom is 0.431 e. The first-order valence-corrected chi connectivity index (χ1v) is 11.1. The fourth-order valence-electron chi connectivity index (χ4n) is 2.83. The molecule has 2 aromatic rings. The first-order valence-electron chi connectivity index (χ1n) is 8.41. The number of hydrogen-bond acceptors (Lipinski definition) is 7. The number of benzene rings is 1. The molecule has 1 amide bonds. The number of carbonyl (C=O) groups excluding carboxylic acids is 1. The van der Waals surface area contributed by atoms with E-state index in [1.807, 2.05) is 0 Å². The number of nitrogens with zero attached hydrogens (tertiary/aromatic N) is 3. The molecule has 0 unspecified atom stereocenters. The van der Waals surface area contributed by atoms with Gasteiger partial charge in [0.15, 0.2) is 0 Å². The van der Waals surface area contributed by atoms with Crippen LogP contribution in [0.5, 0.6) is 0 Å². The number of thiocarbonyl (C=S) groups is 1. The molecule has 0 saturated carbocycles. The molecule has 2 radical (unpaired) electrons. The molecule has 0 aliphatic heterocycles. The summed E-state index contributed by atoms with van der Waals surface area (Å²) in [5.41, 5.74) is -1.30. The lowest BCUT2D eigenvalue weighted by atomic mass is 10.1. The molecule has 17 heteroatoms. The Morgan fingerprint density at radius 3 is 2.30 bits per heavy atom. The Hall–Kier alpha value is -2.58. The van der Waals surface area contributed by atoms with E-state index in [-0.39, 0.29) is 19.5 Å². The number of aromatic nitrogens is 2. The van der Waals surface area contributed by atoms with Crippen LogP contribution in [0.3, 0.4) is 0 Å². The van der Waals surface area contributed by atoms with E-state index in [0.717, 1.165) is 0 Å². The minimum absolute atomic E-state index is 0.0362. The van der Waals surface area contributed by atoms with Gasteiger partial charge in [0.25, 0.3) is 11.5 Å². The highest BCUT2D eigenvalue weighted by atomic mass is 32.2. The molecular weight excluding hydrogens is 511 g/mol. The van der Waals surface area contributed by atoms with E-state index >= 15 is 0 Å². The predicted molar refractivity (Wildman–Crippen MR) is 112 cm³/mol. The second-order valence-corrected chi connectivity index (χ2v) is 9.06. The average molecular weight is 524 g/mol. The average Bonchev–Trinajstić information content (AvgIpc) is 2.64. The van der Waals surface area contributed by atoms with Crippen LogP contribution in [0.4, 0.5) is 23.2 Å². The van der Waals surface area contributed by atoms with Crippen molar-refractivity contribution in [2.45, 2.75) is 6.18 Å². The Morgan fingerprint density at radius 2 is 1.85 bits per heavy atom. The molecule has 0 fully saturated rings. The number of sulfonamides is 1. The zero-order valence-corrected chi connectivity index (χ0v) is 19.5. The highest BCUT2D eigenvalue weighted by molar-refractivity contribution is 7.92. The zero-order chi connectivity index (χ0) is 25.5. The molecule has 0 bridgehead atoms. The lowest BCUT2D eigenvalue weighted by Crippen LogP contribution is -2.42. The van der Waals surface area contributed by atoms with Crippen molar-refractivity contribution in [1.82, 2.24) is 9.13 Å². The number of carbonyl (C=O) groups is 1. The van der Waals surface area contributed by atoms with Crippen LogP contribution in [0, 0.1) is 5.82 Å². The van der Waals surface area contributed by atoms with Crippen molar-refractivity contribution < 1.29 is 34.6 Å². The summed E-state index contributed by atoms with van der Waals surface area (Å²) in [6.45, 7) is -0.788. The molecule has 1 heterocycles. The quantitative estimate of drug-likeness (QED) is 0.310. The fraction of sp³-hybridized carbons (Fsp3) is 0.250. The summed E-state index contributed by atoms with van der Waals surface area (Å²) >= 11 is 6.49. The number of amides is 1. The molecule has 33 heavy (non-hydrogen) atoms. The van der Waals surface area contributed by atoms with Gasteiger partial charge in [0.1, 0.15) is 16.5 Å². The van der Waals surface area contributed by atoms with Crippen molar-refractivity contribution in [1.29, 1.82) is 0 Å². The summed E-state index contributed by atoms with van der Waals surface area (Å²) in [4.78, 5) is 36.7. The van der Waals surface area contributed by atoms with Crippen LogP contribution in [0.1, 0.15) is 11.3 Å². The summed E-state index contributed by atoms with van der Waals surface area (Å²) in [5.74, 6) is -2.54. The molecule has 2 rings (SSSR count). The molecule has 2 N–H and O–H groups in total. The van der Waals surface area contributed by atoms with Crippen LogP contribution in [-0.4, -0.2) is 57.9 Å². The Balaban J connectivity index is 2.99. The van der Waals surface area contributed by atoms with Crippen LogP contribution in [0.25, 0.3) is 5.69 Å². The van der Waals surface area contributed by atoms with Crippen LogP contribution in [0.15, 0.2) is 27.8 Å². The molecule has 0 saturated heterocycles. The number of alkyl halides is 3. The van der Waals surface area contributed by atoms with Crippen molar-refractivity contribution in [3.63, 3.8) is 0 Å². The Morgan fingerprint density at radius 1 is 1.27 bits per heavy atom. The number of rotatable bonds is 6. The van der Waals surface area contributed by atoms with Gasteiger partial charge in [-0.25, -0.2) is 26.5 Å². The number of hydrogen-bond donors (Lipinski definition) is 1.